The van der Waals surface area contributed by atoms with Crippen LogP contribution in [-0.4, -0.2) is 50.9 Å². The third kappa shape index (κ3) is 7.14. The minimum Gasteiger partial charge on any atom is -0.444 e. The van der Waals surface area contributed by atoms with Gasteiger partial charge in [-0.25, -0.2) is 13.2 Å². The molecule has 4 rings (SSSR count). The summed E-state index contributed by atoms with van der Waals surface area (Å²) in [5.41, 5.74) is -2.14. The summed E-state index contributed by atoms with van der Waals surface area (Å²) in [6, 6.07) is 12.2. The van der Waals surface area contributed by atoms with Gasteiger partial charge in [0.2, 0.25) is 16.1 Å². The number of alkyl halides is 3. The second-order valence-electron chi connectivity index (χ2n) is 8.65. The van der Waals surface area contributed by atoms with E-state index in [1.54, 1.807) is 6.07 Å². The first-order chi connectivity index (χ1) is 19.3. The van der Waals surface area contributed by atoms with Crippen molar-refractivity contribution < 1.29 is 40.7 Å². The minimum atomic E-state index is -4.86. The molecule has 1 aliphatic heterocycles. The SMILES string of the molecule is O=C(O[C@@H](C(=O)Nc1ccc(Cl)cc1C(F)(F)F)c1ccccc1)c1cc(S(=O)(=O)N2CCOCC2)c(Cl)cc1Cl. The molecule has 1 N–H and O–H groups in total. The van der Waals surface area contributed by atoms with E-state index < -0.39 is 55.9 Å². The zero-order valence-electron chi connectivity index (χ0n) is 20.8. The normalized spacial score (nSPS) is 15.3. The van der Waals surface area contributed by atoms with E-state index in [2.05, 4.69) is 5.32 Å². The molecule has 1 aliphatic rings. The third-order valence-electron chi connectivity index (χ3n) is 5.94. The first kappa shape index (κ1) is 31.1. The highest BCUT2D eigenvalue weighted by atomic mass is 35.5. The van der Waals surface area contributed by atoms with Gasteiger partial charge < -0.3 is 14.8 Å². The van der Waals surface area contributed by atoms with Gasteiger partial charge in [-0.05, 0) is 30.3 Å². The summed E-state index contributed by atoms with van der Waals surface area (Å²) in [6.07, 6.45) is -6.61. The van der Waals surface area contributed by atoms with Crippen LogP contribution in [-0.2, 0) is 30.5 Å². The number of morpholine rings is 1. The van der Waals surface area contributed by atoms with Gasteiger partial charge >= 0.3 is 12.1 Å². The summed E-state index contributed by atoms with van der Waals surface area (Å²) >= 11 is 18.1. The molecular weight excluding hydrogens is 632 g/mol. The fourth-order valence-corrected chi connectivity index (χ4v) is 6.34. The number of nitrogens with zero attached hydrogens (tertiary/aromatic N) is 1. The van der Waals surface area contributed by atoms with Gasteiger partial charge in [0, 0.05) is 23.7 Å². The molecule has 1 fully saturated rings. The van der Waals surface area contributed by atoms with Gasteiger partial charge in [0.1, 0.15) is 4.90 Å². The lowest BCUT2D eigenvalue weighted by Crippen LogP contribution is -2.40. The van der Waals surface area contributed by atoms with Crippen molar-refractivity contribution in [2.24, 2.45) is 0 Å². The highest BCUT2D eigenvalue weighted by molar-refractivity contribution is 7.89. The molecule has 3 aromatic rings. The van der Waals surface area contributed by atoms with Crippen molar-refractivity contribution >= 4 is 62.4 Å². The van der Waals surface area contributed by atoms with Crippen molar-refractivity contribution in [1.29, 1.82) is 0 Å². The van der Waals surface area contributed by atoms with Gasteiger partial charge in [-0.1, -0.05) is 65.1 Å². The summed E-state index contributed by atoms with van der Waals surface area (Å²) in [6.45, 7) is 0.442. The Kier molecular flexibility index (Phi) is 9.52. The maximum atomic E-state index is 13.6. The van der Waals surface area contributed by atoms with E-state index in [9.17, 15) is 31.2 Å². The number of benzene rings is 3. The number of sulfonamides is 1. The molecule has 8 nitrogen and oxygen atoms in total. The van der Waals surface area contributed by atoms with Gasteiger partial charge in [0.25, 0.3) is 5.91 Å². The molecule has 0 aromatic heterocycles. The Balaban J connectivity index is 1.68. The van der Waals surface area contributed by atoms with Crippen LogP contribution in [0.25, 0.3) is 0 Å². The monoisotopic (exact) mass is 650 g/mol. The average Bonchev–Trinajstić information content (AvgIpc) is 2.92. The Morgan fingerprint density at radius 3 is 2.24 bits per heavy atom. The molecule has 1 heterocycles. The topological polar surface area (TPSA) is 102 Å². The van der Waals surface area contributed by atoms with E-state index >= 15 is 0 Å². The summed E-state index contributed by atoms with van der Waals surface area (Å²) in [5.74, 6) is -2.34. The Hall–Kier alpha value is -2.87. The molecule has 1 saturated heterocycles. The van der Waals surface area contributed by atoms with Crippen molar-refractivity contribution in [2.45, 2.75) is 17.2 Å². The average molecular weight is 652 g/mol. The Morgan fingerprint density at radius 2 is 1.61 bits per heavy atom. The van der Waals surface area contributed by atoms with E-state index in [1.165, 1.54) is 24.3 Å². The lowest BCUT2D eigenvalue weighted by molar-refractivity contribution is -0.137. The molecule has 218 valence electrons. The van der Waals surface area contributed by atoms with Crippen molar-refractivity contribution in [3.63, 3.8) is 0 Å². The molecule has 0 radical (unpaired) electrons. The molecule has 15 heteroatoms. The zero-order chi connectivity index (χ0) is 29.9. The summed E-state index contributed by atoms with van der Waals surface area (Å²) < 4.78 is 79.0. The second kappa shape index (κ2) is 12.6. The first-order valence-electron chi connectivity index (χ1n) is 11.8. The van der Waals surface area contributed by atoms with Crippen LogP contribution in [0.15, 0.2) is 65.6 Å². The van der Waals surface area contributed by atoms with E-state index in [0.29, 0.717) is 6.07 Å². The van der Waals surface area contributed by atoms with Crippen LogP contribution in [0.3, 0.4) is 0 Å². The molecule has 0 unspecified atom stereocenters. The number of hydrogen-bond donors (Lipinski definition) is 1. The van der Waals surface area contributed by atoms with Crippen LogP contribution in [0, 0.1) is 0 Å². The number of esters is 1. The second-order valence-corrected chi connectivity index (χ2v) is 11.8. The lowest BCUT2D eigenvalue weighted by Gasteiger charge is -2.26. The van der Waals surface area contributed by atoms with Gasteiger partial charge in [-0.2, -0.15) is 17.5 Å². The maximum absolute atomic E-state index is 13.6. The number of rotatable bonds is 7. The summed E-state index contributed by atoms with van der Waals surface area (Å²) in [5, 5.41) is 1.41. The molecule has 0 bridgehead atoms. The fourth-order valence-electron chi connectivity index (χ4n) is 3.94. The standard InChI is InChI=1S/C26H20Cl3F3N2O6S/c27-16-6-7-21(18(12-16)26(30,31)32)33-24(35)23(15-4-2-1-3-5-15)40-25(36)17-13-22(20(29)14-19(17)28)41(37,38)34-8-10-39-11-9-34/h1-7,12-14,23H,8-11H2,(H,33,35)/t23-/m1/s1. The summed E-state index contributed by atoms with van der Waals surface area (Å²) in [7, 11) is -4.17. The minimum absolute atomic E-state index is 0.0575. The molecule has 0 spiro atoms. The molecular formula is C26H20Cl3F3N2O6S. The van der Waals surface area contributed by atoms with Crippen LogP contribution in [0.1, 0.15) is 27.6 Å². The number of halogens is 6. The maximum Gasteiger partial charge on any atom is 0.418 e. The quantitative estimate of drug-likeness (QED) is 0.304. The number of anilines is 1. The van der Waals surface area contributed by atoms with Gasteiger partial charge in [0.05, 0.1) is 40.1 Å². The highest BCUT2D eigenvalue weighted by Crippen LogP contribution is 2.37. The van der Waals surface area contributed by atoms with Crippen LogP contribution < -0.4 is 5.32 Å². The number of carbonyl (C=O) groups excluding carboxylic acids is 2. The number of carbonyl (C=O) groups is 2. The van der Waals surface area contributed by atoms with Gasteiger partial charge in [-0.3, -0.25) is 4.79 Å². The van der Waals surface area contributed by atoms with Crippen molar-refractivity contribution in [2.75, 3.05) is 31.6 Å². The largest absolute Gasteiger partial charge is 0.444 e. The fraction of sp³-hybridized carbons (Fsp3) is 0.231. The Morgan fingerprint density at radius 1 is 0.951 bits per heavy atom. The van der Waals surface area contributed by atoms with E-state index in [4.69, 9.17) is 44.3 Å². The molecule has 41 heavy (non-hydrogen) atoms. The molecule has 0 aliphatic carbocycles. The van der Waals surface area contributed by atoms with Crippen LogP contribution in [0.4, 0.5) is 18.9 Å². The number of ether oxygens (including phenoxy) is 2. The molecule has 3 aromatic carbocycles. The van der Waals surface area contributed by atoms with E-state index in [-0.39, 0.29) is 46.9 Å². The van der Waals surface area contributed by atoms with Crippen molar-refractivity contribution in [3.8, 4) is 0 Å². The predicted molar refractivity (Wildman–Crippen MR) is 146 cm³/mol. The number of hydrogen-bond acceptors (Lipinski definition) is 6. The number of amides is 1. The zero-order valence-corrected chi connectivity index (χ0v) is 23.8. The Bertz CT molecular complexity index is 1570. The number of nitrogens with one attached hydrogen (secondary N) is 1. The van der Waals surface area contributed by atoms with E-state index in [1.807, 2.05) is 0 Å². The molecule has 0 saturated carbocycles. The molecule has 1 amide bonds. The van der Waals surface area contributed by atoms with Crippen LogP contribution >= 0.6 is 34.8 Å². The smallest absolute Gasteiger partial charge is 0.418 e. The summed E-state index contributed by atoms with van der Waals surface area (Å²) in [4.78, 5) is 26.1. The van der Waals surface area contributed by atoms with E-state index in [0.717, 1.165) is 28.6 Å². The van der Waals surface area contributed by atoms with Crippen molar-refractivity contribution in [1.82, 2.24) is 4.31 Å². The third-order valence-corrected chi connectivity index (χ3v) is 8.85. The van der Waals surface area contributed by atoms with Crippen LogP contribution in [0.5, 0.6) is 0 Å². The highest BCUT2D eigenvalue weighted by Gasteiger charge is 2.36. The van der Waals surface area contributed by atoms with Gasteiger partial charge in [-0.15, -0.1) is 0 Å². The van der Waals surface area contributed by atoms with Crippen molar-refractivity contribution in [3.05, 3.63) is 92.4 Å². The first-order valence-corrected chi connectivity index (χ1v) is 14.4. The van der Waals surface area contributed by atoms with Crippen LogP contribution in [0.2, 0.25) is 15.1 Å². The predicted octanol–water partition coefficient (Wildman–Crippen LogP) is 6.22. The molecule has 1 atom stereocenters. The lowest BCUT2D eigenvalue weighted by atomic mass is 10.1. The Labute approximate surface area is 247 Å². The van der Waals surface area contributed by atoms with Gasteiger partial charge in [0.15, 0.2) is 0 Å².